The summed E-state index contributed by atoms with van der Waals surface area (Å²) in [5, 5.41) is 11.4. The predicted octanol–water partition coefficient (Wildman–Crippen LogP) is 2.61. The van der Waals surface area contributed by atoms with E-state index in [1.807, 2.05) is 37.3 Å². The van der Waals surface area contributed by atoms with Crippen LogP contribution in [-0.4, -0.2) is 17.4 Å². The van der Waals surface area contributed by atoms with Crippen LogP contribution in [0, 0.1) is 5.92 Å². The fourth-order valence-corrected chi connectivity index (χ4v) is 1.48. The summed E-state index contributed by atoms with van der Waals surface area (Å²) in [6.45, 7) is 2.21. The molecule has 0 aromatic heterocycles. The highest BCUT2D eigenvalue weighted by atomic mass is 16.5. The van der Waals surface area contributed by atoms with Gasteiger partial charge in [0.05, 0.1) is 12.1 Å². The topological polar surface area (TPSA) is 58.9 Å². The molecule has 0 bridgehead atoms. The second kappa shape index (κ2) is 7.44. The predicted molar refractivity (Wildman–Crippen MR) is 64.9 cm³/mol. The maximum Gasteiger partial charge on any atom is 0.314 e. The van der Waals surface area contributed by atoms with E-state index in [0.29, 0.717) is 6.42 Å². The lowest BCUT2D eigenvalue weighted by molar-refractivity contribution is -0.147. The van der Waals surface area contributed by atoms with Gasteiger partial charge in [-0.1, -0.05) is 43.7 Å². The van der Waals surface area contributed by atoms with Crippen molar-refractivity contribution in [1.82, 2.24) is 0 Å². The Morgan fingerprint density at radius 3 is 2.76 bits per heavy atom. The van der Waals surface area contributed by atoms with Gasteiger partial charge in [-0.2, -0.15) is 0 Å². The van der Waals surface area contributed by atoms with Crippen molar-refractivity contribution >= 4 is 12.2 Å². The number of nitrogens with zero attached hydrogens (tertiary/aromatic N) is 1. The van der Waals surface area contributed by atoms with Gasteiger partial charge in [-0.3, -0.25) is 4.79 Å². The van der Waals surface area contributed by atoms with Crippen molar-refractivity contribution in [1.29, 1.82) is 0 Å². The van der Waals surface area contributed by atoms with E-state index in [1.54, 1.807) is 0 Å². The van der Waals surface area contributed by atoms with Gasteiger partial charge in [-0.05, 0) is 12.0 Å². The number of carbonyl (C=O) groups excluding carboxylic acids is 1. The first-order chi connectivity index (χ1) is 8.27. The van der Waals surface area contributed by atoms with Crippen LogP contribution < -0.4 is 0 Å². The molecule has 0 radical (unpaired) electrons. The van der Waals surface area contributed by atoms with Gasteiger partial charge in [0.2, 0.25) is 0 Å². The van der Waals surface area contributed by atoms with E-state index in [0.717, 1.165) is 12.0 Å². The summed E-state index contributed by atoms with van der Waals surface area (Å²) in [5.74, 6) is -0.817. The SMILES string of the molecule is CCCC(/C=N\O)C(=O)OCc1ccccc1. The number of oxime groups is 1. The van der Waals surface area contributed by atoms with E-state index >= 15 is 0 Å². The van der Waals surface area contributed by atoms with Crippen molar-refractivity contribution in [3.63, 3.8) is 0 Å². The molecule has 0 heterocycles. The Morgan fingerprint density at radius 1 is 1.47 bits per heavy atom. The lowest BCUT2D eigenvalue weighted by Crippen LogP contribution is -2.19. The lowest BCUT2D eigenvalue weighted by atomic mass is 10.1. The smallest absolute Gasteiger partial charge is 0.314 e. The van der Waals surface area contributed by atoms with Gasteiger partial charge in [-0.15, -0.1) is 5.16 Å². The van der Waals surface area contributed by atoms with Crippen molar-refractivity contribution in [2.45, 2.75) is 26.4 Å². The number of hydrogen-bond acceptors (Lipinski definition) is 4. The largest absolute Gasteiger partial charge is 0.460 e. The van der Waals surface area contributed by atoms with Crippen molar-refractivity contribution in [3.05, 3.63) is 35.9 Å². The maximum atomic E-state index is 11.7. The quantitative estimate of drug-likeness (QED) is 0.357. The van der Waals surface area contributed by atoms with Gasteiger partial charge in [0, 0.05) is 0 Å². The molecule has 1 aromatic carbocycles. The zero-order valence-electron chi connectivity index (χ0n) is 9.87. The standard InChI is InChI=1S/C13H17NO3/c1-2-6-12(9-14-16)13(15)17-10-11-7-4-3-5-8-11/h3-5,7-9,12,16H,2,6,10H2,1H3/b14-9-. The summed E-state index contributed by atoms with van der Waals surface area (Å²) in [6.07, 6.45) is 2.67. The first-order valence-electron chi connectivity index (χ1n) is 5.66. The molecule has 0 aliphatic heterocycles. The number of hydrogen-bond donors (Lipinski definition) is 1. The molecule has 0 fully saturated rings. The van der Waals surface area contributed by atoms with Crippen molar-refractivity contribution < 1.29 is 14.7 Å². The van der Waals surface area contributed by atoms with Crippen molar-refractivity contribution in [3.8, 4) is 0 Å². The van der Waals surface area contributed by atoms with Crippen molar-refractivity contribution in [2.75, 3.05) is 0 Å². The van der Waals surface area contributed by atoms with Crippen LogP contribution in [0.15, 0.2) is 35.5 Å². The maximum absolute atomic E-state index is 11.7. The average molecular weight is 235 g/mol. The Labute approximate surface area is 101 Å². The van der Waals surface area contributed by atoms with Crippen LogP contribution in [0.3, 0.4) is 0 Å². The average Bonchev–Trinajstić information content (AvgIpc) is 2.37. The van der Waals surface area contributed by atoms with Crippen LogP contribution in [0.1, 0.15) is 25.3 Å². The molecule has 92 valence electrons. The van der Waals surface area contributed by atoms with E-state index in [-0.39, 0.29) is 12.6 Å². The monoisotopic (exact) mass is 235 g/mol. The molecule has 1 N–H and O–H groups in total. The molecule has 0 spiro atoms. The van der Waals surface area contributed by atoms with Crippen LogP contribution >= 0.6 is 0 Å². The van der Waals surface area contributed by atoms with Gasteiger partial charge >= 0.3 is 5.97 Å². The van der Waals surface area contributed by atoms with Gasteiger partial charge in [0.15, 0.2) is 0 Å². The number of rotatable bonds is 6. The highest BCUT2D eigenvalue weighted by Crippen LogP contribution is 2.09. The van der Waals surface area contributed by atoms with E-state index in [4.69, 9.17) is 9.94 Å². The molecule has 4 nitrogen and oxygen atoms in total. The van der Waals surface area contributed by atoms with Crippen LogP contribution in [0.5, 0.6) is 0 Å². The van der Waals surface area contributed by atoms with Gasteiger partial charge in [-0.25, -0.2) is 0 Å². The minimum atomic E-state index is -0.464. The third-order valence-electron chi connectivity index (χ3n) is 2.37. The Kier molecular flexibility index (Phi) is 5.79. The van der Waals surface area contributed by atoms with Crippen LogP contribution in [0.4, 0.5) is 0 Å². The molecule has 4 heteroatoms. The summed E-state index contributed by atoms with van der Waals surface area (Å²) >= 11 is 0. The first kappa shape index (κ1) is 13.2. The highest BCUT2D eigenvalue weighted by molar-refractivity contribution is 5.89. The molecular weight excluding hydrogens is 218 g/mol. The van der Waals surface area contributed by atoms with Gasteiger partial charge in [0.1, 0.15) is 6.61 Å². The third kappa shape index (κ3) is 4.68. The highest BCUT2D eigenvalue weighted by Gasteiger charge is 2.17. The number of ether oxygens (including phenoxy) is 1. The minimum absolute atomic E-state index is 0.249. The third-order valence-corrected chi connectivity index (χ3v) is 2.37. The number of esters is 1. The molecule has 1 rings (SSSR count). The zero-order chi connectivity index (χ0) is 12.5. The van der Waals surface area contributed by atoms with E-state index in [1.165, 1.54) is 6.21 Å². The Bertz CT molecular complexity index is 362. The summed E-state index contributed by atoms with van der Waals surface area (Å²) in [4.78, 5) is 11.7. The zero-order valence-corrected chi connectivity index (χ0v) is 9.87. The van der Waals surface area contributed by atoms with E-state index < -0.39 is 5.92 Å². The van der Waals surface area contributed by atoms with Gasteiger partial charge < -0.3 is 9.94 Å². The van der Waals surface area contributed by atoms with E-state index in [9.17, 15) is 4.79 Å². The molecule has 0 aliphatic carbocycles. The van der Waals surface area contributed by atoms with Gasteiger partial charge in [0.25, 0.3) is 0 Å². The molecule has 0 amide bonds. The Morgan fingerprint density at radius 2 is 2.18 bits per heavy atom. The molecule has 1 aromatic rings. The Balaban J connectivity index is 2.47. The lowest BCUT2D eigenvalue weighted by Gasteiger charge is -2.10. The fraction of sp³-hybridized carbons (Fsp3) is 0.385. The summed E-state index contributed by atoms with van der Waals surface area (Å²) < 4.78 is 5.15. The molecule has 0 saturated carbocycles. The molecule has 1 unspecified atom stereocenters. The molecule has 0 aliphatic rings. The normalized spacial score (nSPS) is 12.5. The first-order valence-corrected chi connectivity index (χ1v) is 5.66. The number of carbonyl (C=O) groups is 1. The molecule has 17 heavy (non-hydrogen) atoms. The fourth-order valence-electron chi connectivity index (χ4n) is 1.48. The molecule has 1 atom stereocenters. The summed E-state index contributed by atoms with van der Waals surface area (Å²) in [6, 6.07) is 9.47. The van der Waals surface area contributed by atoms with Crippen LogP contribution in [-0.2, 0) is 16.1 Å². The Hall–Kier alpha value is -1.84. The van der Waals surface area contributed by atoms with Crippen LogP contribution in [0.2, 0.25) is 0 Å². The summed E-state index contributed by atoms with van der Waals surface area (Å²) in [7, 11) is 0. The number of benzene rings is 1. The molecule has 0 saturated heterocycles. The summed E-state index contributed by atoms with van der Waals surface area (Å²) in [5.41, 5.74) is 0.942. The van der Waals surface area contributed by atoms with Crippen molar-refractivity contribution in [2.24, 2.45) is 11.1 Å². The molecular formula is C13H17NO3. The second-order valence-electron chi connectivity index (χ2n) is 3.75. The van der Waals surface area contributed by atoms with Crippen LogP contribution in [0.25, 0.3) is 0 Å². The minimum Gasteiger partial charge on any atom is -0.460 e. The second-order valence-corrected chi connectivity index (χ2v) is 3.75. The van der Waals surface area contributed by atoms with E-state index in [2.05, 4.69) is 5.16 Å².